The fraction of sp³-hybridized carbons (Fsp3) is 0.950. The lowest BCUT2D eigenvalue weighted by Gasteiger charge is -2.56. The van der Waals surface area contributed by atoms with E-state index in [9.17, 15) is 0 Å². The van der Waals surface area contributed by atoms with Crippen molar-refractivity contribution < 1.29 is 9.47 Å². The van der Waals surface area contributed by atoms with Gasteiger partial charge in [-0.15, -0.1) is 0 Å². The zero-order valence-electron chi connectivity index (χ0n) is 15.2. The summed E-state index contributed by atoms with van der Waals surface area (Å²) in [6.45, 7) is 6.58. The van der Waals surface area contributed by atoms with E-state index < -0.39 is 0 Å². The quantitative estimate of drug-likeness (QED) is 0.543. The van der Waals surface area contributed by atoms with Gasteiger partial charge in [-0.2, -0.15) is 5.10 Å². The first kappa shape index (κ1) is 15.6. The first-order valence-electron chi connectivity index (χ1n) is 10.1. The van der Waals surface area contributed by atoms with Crippen LogP contribution in [-0.4, -0.2) is 24.7 Å². The predicted octanol–water partition coefficient (Wildman–Crippen LogP) is 3.70. The molecule has 1 spiro atoms. The number of hydrogen-bond donors (Lipinski definition) is 1. The van der Waals surface area contributed by atoms with Crippen LogP contribution in [0.5, 0.6) is 0 Å². The highest BCUT2D eigenvalue weighted by molar-refractivity contribution is 5.92. The molecule has 0 radical (unpaired) electrons. The van der Waals surface area contributed by atoms with Gasteiger partial charge in [0.25, 0.3) is 0 Å². The molecule has 4 heteroatoms. The Kier molecular flexibility index (Phi) is 3.24. The van der Waals surface area contributed by atoms with Gasteiger partial charge in [-0.25, -0.2) is 0 Å². The van der Waals surface area contributed by atoms with Crippen LogP contribution in [0.25, 0.3) is 0 Å². The largest absolute Gasteiger partial charge is 0.348 e. The molecular weight excluding hydrogens is 300 g/mol. The van der Waals surface area contributed by atoms with Gasteiger partial charge in [0.2, 0.25) is 0 Å². The Bertz CT molecular complexity index is 570. The van der Waals surface area contributed by atoms with E-state index >= 15 is 0 Å². The Morgan fingerprint density at radius 3 is 2.58 bits per heavy atom. The van der Waals surface area contributed by atoms with Crippen molar-refractivity contribution in [2.45, 2.75) is 71.0 Å². The Morgan fingerprint density at radius 2 is 1.83 bits per heavy atom. The molecule has 4 saturated carbocycles. The van der Waals surface area contributed by atoms with Crippen molar-refractivity contribution in [3.8, 4) is 0 Å². The van der Waals surface area contributed by atoms with Crippen LogP contribution in [-0.2, 0) is 9.47 Å². The van der Waals surface area contributed by atoms with Gasteiger partial charge in [-0.05, 0) is 67.6 Å². The molecule has 4 nitrogen and oxygen atoms in total. The molecule has 1 saturated heterocycles. The van der Waals surface area contributed by atoms with Crippen molar-refractivity contribution in [2.24, 2.45) is 45.4 Å². The molecule has 1 aliphatic heterocycles. The van der Waals surface area contributed by atoms with E-state index in [0.29, 0.717) is 5.41 Å². The highest BCUT2D eigenvalue weighted by Crippen LogP contribution is 2.68. The van der Waals surface area contributed by atoms with Crippen LogP contribution in [0.2, 0.25) is 0 Å². The van der Waals surface area contributed by atoms with Crippen LogP contribution in [0.15, 0.2) is 5.10 Å². The van der Waals surface area contributed by atoms with Gasteiger partial charge in [0.15, 0.2) is 5.79 Å². The van der Waals surface area contributed by atoms with Crippen LogP contribution in [0.4, 0.5) is 0 Å². The highest BCUT2D eigenvalue weighted by atomic mass is 16.7. The van der Waals surface area contributed by atoms with E-state index in [0.717, 1.165) is 56.1 Å². The van der Waals surface area contributed by atoms with Gasteiger partial charge >= 0.3 is 0 Å². The molecule has 24 heavy (non-hydrogen) atoms. The van der Waals surface area contributed by atoms with Crippen molar-refractivity contribution in [1.82, 2.24) is 0 Å². The lowest BCUT2D eigenvalue weighted by molar-refractivity contribution is -0.161. The number of hydrazone groups is 1. The SMILES string of the molecule is C[C@]12CC3(CC1CC[C@@H]1[C@@H]2CC[C@]2(C)/C(=N\N)CC[C@@H]12)OCCO3. The molecule has 0 amide bonds. The standard InChI is InChI=1S/C20H32N2O2/c1-18-8-7-16-14(15(18)5-6-17(18)22-21)4-3-13-11-20(12-19(13,16)2)23-9-10-24-20/h13-16H,3-12,21H2,1-2H3/b22-17-/t13?,14-,15-,16-,18-,19-/m0/s1. The third-order valence-electron chi connectivity index (χ3n) is 8.98. The van der Waals surface area contributed by atoms with Crippen molar-refractivity contribution in [1.29, 1.82) is 0 Å². The van der Waals surface area contributed by atoms with Gasteiger partial charge in [0.05, 0.1) is 13.2 Å². The Morgan fingerprint density at radius 1 is 1.04 bits per heavy atom. The van der Waals surface area contributed by atoms with Gasteiger partial charge in [-0.3, -0.25) is 0 Å². The van der Waals surface area contributed by atoms with Crippen LogP contribution < -0.4 is 5.84 Å². The van der Waals surface area contributed by atoms with E-state index in [4.69, 9.17) is 15.3 Å². The van der Waals surface area contributed by atoms with Crippen LogP contribution in [0, 0.1) is 34.5 Å². The van der Waals surface area contributed by atoms with Crippen molar-refractivity contribution in [3.63, 3.8) is 0 Å². The molecular formula is C20H32N2O2. The molecule has 134 valence electrons. The number of hydrogen-bond acceptors (Lipinski definition) is 4. The zero-order valence-corrected chi connectivity index (χ0v) is 15.2. The average Bonchev–Trinajstić information content (AvgIpc) is 3.22. The average molecular weight is 332 g/mol. The molecule has 0 aromatic rings. The Labute approximate surface area is 145 Å². The molecule has 4 aliphatic carbocycles. The highest BCUT2D eigenvalue weighted by Gasteiger charge is 2.64. The minimum absolute atomic E-state index is 0.241. The lowest BCUT2D eigenvalue weighted by atomic mass is 9.48. The monoisotopic (exact) mass is 332 g/mol. The van der Waals surface area contributed by atoms with Crippen molar-refractivity contribution >= 4 is 5.71 Å². The molecule has 0 bridgehead atoms. The third-order valence-corrected chi connectivity index (χ3v) is 8.98. The maximum absolute atomic E-state index is 6.12. The number of nitrogens with zero attached hydrogens (tertiary/aromatic N) is 1. The van der Waals surface area contributed by atoms with Crippen LogP contribution >= 0.6 is 0 Å². The molecule has 2 N–H and O–H groups in total. The first-order valence-corrected chi connectivity index (χ1v) is 10.1. The molecule has 1 heterocycles. The van der Waals surface area contributed by atoms with Gasteiger partial charge in [-0.1, -0.05) is 13.8 Å². The van der Waals surface area contributed by atoms with Crippen molar-refractivity contribution in [2.75, 3.05) is 13.2 Å². The normalized spacial score (nSPS) is 54.0. The summed E-state index contributed by atoms with van der Waals surface area (Å²) in [5.74, 6) is 8.75. The van der Waals surface area contributed by atoms with Crippen LogP contribution in [0.1, 0.15) is 65.2 Å². The van der Waals surface area contributed by atoms with Gasteiger partial charge in [0.1, 0.15) is 0 Å². The molecule has 5 fully saturated rings. The summed E-state index contributed by atoms with van der Waals surface area (Å²) in [5, 5.41) is 4.20. The molecule has 5 rings (SSSR count). The van der Waals surface area contributed by atoms with E-state index in [2.05, 4.69) is 18.9 Å². The second-order valence-electron chi connectivity index (χ2n) is 9.72. The number of ether oxygens (including phenoxy) is 2. The maximum atomic E-state index is 6.12. The molecule has 5 aliphatic rings. The van der Waals surface area contributed by atoms with Gasteiger partial charge in [0, 0.05) is 24.0 Å². The summed E-state index contributed by atoms with van der Waals surface area (Å²) < 4.78 is 12.2. The summed E-state index contributed by atoms with van der Waals surface area (Å²) in [6.07, 6.45) is 10.0. The van der Waals surface area contributed by atoms with E-state index in [1.807, 2.05) is 0 Å². The molecule has 0 aromatic heterocycles. The topological polar surface area (TPSA) is 56.8 Å². The number of nitrogens with two attached hydrogens (primary N) is 1. The minimum Gasteiger partial charge on any atom is -0.348 e. The number of fused-ring (bicyclic) bond motifs is 5. The maximum Gasteiger partial charge on any atom is 0.169 e. The fourth-order valence-electron chi connectivity index (χ4n) is 7.89. The molecule has 1 unspecified atom stereocenters. The van der Waals surface area contributed by atoms with Gasteiger partial charge < -0.3 is 15.3 Å². The van der Waals surface area contributed by atoms with Crippen molar-refractivity contribution in [3.05, 3.63) is 0 Å². The van der Waals surface area contributed by atoms with Crippen LogP contribution in [0.3, 0.4) is 0 Å². The van der Waals surface area contributed by atoms with E-state index in [1.165, 1.54) is 37.8 Å². The summed E-state index contributed by atoms with van der Waals surface area (Å²) in [5.41, 5.74) is 1.97. The van der Waals surface area contributed by atoms with E-state index in [1.54, 1.807) is 0 Å². The third kappa shape index (κ3) is 1.85. The summed E-state index contributed by atoms with van der Waals surface area (Å²) in [6, 6.07) is 0. The Hall–Kier alpha value is -0.610. The summed E-state index contributed by atoms with van der Waals surface area (Å²) in [4.78, 5) is 0. The number of rotatable bonds is 0. The zero-order chi connectivity index (χ0) is 16.6. The fourth-order valence-corrected chi connectivity index (χ4v) is 7.89. The summed E-state index contributed by atoms with van der Waals surface area (Å²) in [7, 11) is 0. The second kappa shape index (κ2) is 4.97. The Balaban J connectivity index is 1.46. The molecule has 0 aromatic carbocycles. The summed E-state index contributed by atoms with van der Waals surface area (Å²) >= 11 is 0. The first-order chi connectivity index (χ1) is 11.5. The second-order valence-corrected chi connectivity index (χ2v) is 9.72. The molecule has 6 atom stereocenters. The lowest BCUT2D eigenvalue weighted by Crippen LogP contribution is -2.50. The van der Waals surface area contributed by atoms with E-state index in [-0.39, 0.29) is 11.2 Å². The smallest absolute Gasteiger partial charge is 0.169 e. The minimum atomic E-state index is -0.241. The predicted molar refractivity (Wildman–Crippen MR) is 93.4 cm³/mol.